The number of halogens is 1. The molecule has 3 nitrogen and oxygen atoms in total. The van der Waals surface area contributed by atoms with Gasteiger partial charge in [-0.3, -0.25) is 4.79 Å². The lowest BCUT2D eigenvalue weighted by molar-refractivity contribution is 0.0996. The summed E-state index contributed by atoms with van der Waals surface area (Å²) in [6, 6.07) is 5.90. The average molecular weight is 236 g/mol. The fourth-order valence-corrected chi connectivity index (χ4v) is 2.32. The first-order valence-electron chi connectivity index (χ1n) is 4.61. The van der Waals surface area contributed by atoms with E-state index in [0.717, 1.165) is 10.6 Å². The Bertz CT molecular complexity index is 533. The Morgan fingerprint density at radius 3 is 2.56 bits per heavy atom. The van der Waals surface area contributed by atoms with Crippen LogP contribution in [0, 0.1) is 12.7 Å². The molecule has 0 radical (unpaired) electrons. The summed E-state index contributed by atoms with van der Waals surface area (Å²) in [6.45, 7) is 1.80. The SMILES string of the molecule is Cc1nc(C(N)=O)c(-c2ccc(F)cc2)s1. The highest BCUT2D eigenvalue weighted by molar-refractivity contribution is 7.15. The van der Waals surface area contributed by atoms with Gasteiger partial charge in [0.05, 0.1) is 9.88 Å². The molecule has 0 saturated carbocycles. The van der Waals surface area contributed by atoms with Crippen molar-refractivity contribution in [3.63, 3.8) is 0 Å². The molecule has 1 amide bonds. The summed E-state index contributed by atoms with van der Waals surface area (Å²) in [5, 5.41) is 0.758. The molecule has 0 bridgehead atoms. The third kappa shape index (κ3) is 1.94. The molecule has 82 valence electrons. The number of thiazole rings is 1. The first kappa shape index (κ1) is 10.8. The minimum absolute atomic E-state index is 0.245. The van der Waals surface area contributed by atoms with Crippen LogP contribution in [0.4, 0.5) is 4.39 Å². The van der Waals surface area contributed by atoms with Crippen molar-refractivity contribution >= 4 is 17.2 Å². The zero-order chi connectivity index (χ0) is 11.7. The minimum atomic E-state index is -0.566. The monoisotopic (exact) mass is 236 g/mol. The minimum Gasteiger partial charge on any atom is -0.364 e. The molecule has 0 unspecified atom stereocenters. The second kappa shape index (κ2) is 4.02. The molecule has 0 fully saturated rings. The predicted molar refractivity (Wildman–Crippen MR) is 60.8 cm³/mol. The number of amides is 1. The predicted octanol–water partition coefficient (Wildman–Crippen LogP) is 2.36. The molecular formula is C11H9FN2OS. The lowest BCUT2D eigenvalue weighted by atomic mass is 10.1. The van der Waals surface area contributed by atoms with E-state index in [4.69, 9.17) is 5.73 Å². The van der Waals surface area contributed by atoms with Crippen LogP contribution in [-0.4, -0.2) is 10.9 Å². The van der Waals surface area contributed by atoms with Gasteiger partial charge in [0, 0.05) is 0 Å². The van der Waals surface area contributed by atoms with Crippen LogP contribution in [0.25, 0.3) is 10.4 Å². The van der Waals surface area contributed by atoms with E-state index in [1.807, 2.05) is 0 Å². The molecule has 1 aromatic heterocycles. The largest absolute Gasteiger partial charge is 0.364 e. The van der Waals surface area contributed by atoms with Crippen LogP contribution in [0.3, 0.4) is 0 Å². The summed E-state index contributed by atoms with van der Waals surface area (Å²) in [7, 11) is 0. The summed E-state index contributed by atoms with van der Waals surface area (Å²) in [4.78, 5) is 15.9. The van der Waals surface area contributed by atoms with E-state index in [1.54, 1.807) is 19.1 Å². The molecule has 16 heavy (non-hydrogen) atoms. The topological polar surface area (TPSA) is 56.0 Å². The number of rotatable bonds is 2. The molecule has 0 aliphatic heterocycles. The van der Waals surface area contributed by atoms with E-state index < -0.39 is 5.91 Å². The Labute approximate surface area is 95.7 Å². The zero-order valence-electron chi connectivity index (χ0n) is 8.53. The van der Waals surface area contributed by atoms with Gasteiger partial charge in [0.15, 0.2) is 0 Å². The zero-order valence-corrected chi connectivity index (χ0v) is 9.34. The average Bonchev–Trinajstić information content (AvgIpc) is 2.61. The maximum Gasteiger partial charge on any atom is 0.268 e. The van der Waals surface area contributed by atoms with Crippen molar-refractivity contribution in [3.05, 3.63) is 40.8 Å². The summed E-state index contributed by atoms with van der Waals surface area (Å²) in [5.74, 6) is -0.880. The van der Waals surface area contributed by atoms with Crippen LogP contribution in [0.15, 0.2) is 24.3 Å². The number of aryl methyl sites for hydroxylation is 1. The van der Waals surface area contributed by atoms with Crippen LogP contribution in [0.5, 0.6) is 0 Å². The number of carbonyl (C=O) groups is 1. The van der Waals surface area contributed by atoms with Gasteiger partial charge < -0.3 is 5.73 Å². The lowest BCUT2D eigenvalue weighted by Crippen LogP contribution is -2.12. The maximum atomic E-state index is 12.8. The molecule has 1 heterocycles. The van der Waals surface area contributed by atoms with Crippen molar-refractivity contribution in [2.24, 2.45) is 5.73 Å². The van der Waals surface area contributed by atoms with E-state index in [0.29, 0.717) is 4.88 Å². The Hall–Kier alpha value is -1.75. The van der Waals surface area contributed by atoms with Gasteiger partial charge in [-0.15, -0.1) is 11.3 Å². The van der Waals surface area contributed by atoms with E-state index in [2.05, 4.69) is 4.98 Å². The molecule has 0 saturated heterocycles. The Balaban J connectivity index is 2.55. The third-order valence-corrected chi connectivity index (χ3v) is 3.09. The van der Waals surface area contributed by atoms with Crippen molar-refractivity contribution in [1.82, 2.24) is 4.98 Å². The number of hydrogen-bond acceptors (Lipinski definition) is 3. The van der Waals surface area contributed by atoms with Gasteiger partial charge in [0.1, 0.15) is 11.5 Å². The first-order chi connectivity index (χ1) is 7.58. The molecule has 2 rings (SSSR count). The maximum absolute atomic E-state index is 12.8. The van der Waals surface area contributed by atoms with Gasteiger partial charge in [0.25, 0.3) is 5.91 Å². The van der Waals surface area contributed by atoms with Gasteiger partial charge >= 0.3 is 0 Å². The summed E-state index contributed by atoms with van der Waals surface area (Å²) < 4.78 is 12.8. The molecular weight excluding hydrogens is 227 g/mol. The van der Waals surface area contributed by atoms with Crippen LogP contribution in [0.1, 0.15) is 15.5 Å². The number of nitrogens with two attached hydrogens (primary N) is 1. The molecule has 0 atom stereocenters. The Morgan fingerprint density at radius 1 is 1.38 bits per heavy atom. The van der Waals surface area contributed by atoms with E-state index in [9.17, 15) is 9.18 Å². The van der Waals surface area contributed by atoms with Crippen LogP contribution >= 0.6 is 11.3 Å². The number of hydrogen-bond donors (Lipinski definition) is 1. The molecule has 0 spiro atoms. The number of aromatic nitrogens is 1. The number of primary amides is 1. The van der Waals surface area contributed by atoms with Crippen molar-refractivity contribution in [1.29, 1.82) is 0 Å². The van der Waals surface area contributed by atoms with E-state index in [-0.39, 0.29) is 11.5 Å². The van der Waals surface area contributed by atoms with E-state index >= 15 is 0 Å². The molecule has 0 aliphatic rings. The second-order valence-electron chi connectivity index (χ2n) is 3.28. The van der Waals surface area contributed by atoms with Crippen molar-refractivity contribution < 1.29 is 9.18 Å². The Kier molecular flexibility index (Phi) is 2.70. The summed E-state index contributed by atoms with van der Waals surface area (Å²) in [5.41, 5.74) is 6.22. The summed E-state index contributed by atoms with van der Waals surface area (Å²) >= 11 is 1.37. The van der Waals surface area contributed by atoms with Gasteiger partial charge in [-0.2, -0.15) is 0 Å². The highest BCUT2D eigenvalue weighted by Gasteiger charge is 2.15. The quantitative estimate of drug-likeness (QED) is 0.870. The molecule has 0 aliphatic carbocycles. The highest BCUT2D eigenvalue weighted by Crippen LogP contribution is 2.29. The fraction of sp³-hybridized carbons (Fsp3) is 0.0909. The molecule has 1 aromatic carbocycles. The van der Waals surface area contributed by atoms with Crippen molar-refractivity contribution in [3.8, 4) is 10.4 Å². The number of carbonyl (C=O) groups excluding carboxylic acids is 1. The van der Waals surface area contributed by atoms with E-state index in [1.165, 1.54) is 23.5 Å². The Morgan fingerprint density at radius 2 is 2.00 bits per heavy atom. The van der Waals surface area contributed by atoms with Crippen LogP contribution in [0.2, 0.25) is 0 Å². The molecule has 5 heteroatoms. The number of benzene rings is 1. The third-order valence-electron chi connectivity index (χ3n) is 2.07. The highest BCUT2D eigenvalue weighted by atomic mass is 32.1. The van der Waals surface area contributed by atoms with Crippen LogP contribution in [-0.2, 0) is 0 Å². The summed E-state index contributed by atoms with van der Waals surface area (Å²) in [6.07, 6.45) is 0. The number of nitrogens with zero attached hydrogens (tertiary/aromatic N) is 1. The van der Waals surface area contributed by atoms with Crippen molar-refractivity contribution in [2.45, 2.75) is 6.92 Å². The lowest BCUT2D eigenvalue weighted by Gasteiger charge is -1.98. The first-order valence-corrected chi connectivity index (χ1v) is 5.43. The smallest absolute Gasteiger partial charge is 0.268 e. The van der Waals surface area contributed by atoms with Gasteiger partial charge in [-0.1, -0.05) is 12.1 Å². The fourth-order valence-electron chi connectivity index (χ4n) is 1.39. The van der Waals surface area contributed by atoms with Crippen LogP contribution < -0.4 is 5.73 Å². The second-order valence-corrected chi connectivity index (χ2v) is 4.48. The molecule has 2 N–H and O–H groups in total. The normalized spacial score (nSPS) is 10.4. The standard InChI is InChI=1S/C11H9FN2OS/c1-6-14-9(11(13)15)10(16-6)7-2-4-8(12)5-3-7/h2-5H,1H3,(H2,13,15). The molecule has 2 aromatic rings. The van der Waals surface area contributed by atoms with Gasteiger partial charge in [-0.25, -0.2) is 9.37 Å². The van der Waals surface area contributed by atoms with Crippen molar-refractivity contribution in [2.75, 3.05) is 0 Å². The van der Waals surface area contributed by atoms with Gasteiger partial charge in [-0.05, 0) is 24.6 Å². The van der Waals surface area contributed by atoms with Gasteiger partial charge in [0.2, 0.25) is 0 Å².